The molecule has 3 aromatic rings. The third-order valence-corrected chi connectivity index (χ3v) is 9.03. The average molecular weight is 627 g/mol. The van der Waals surface area contributed by atoms with Crippen LogP contribution in [-0.2, 0) is 11.3 Å². The Morgan fingerprint density at radius 2 is 1.35 bits per heavy atom. The van der Waals surface area contributed by atoms with Crippen LogP contribution in [0.4, 0.5) is 16.2 Å². The van der Waals surface area contributed by atoms with Crippen LogP contribution in [0, 0.1) is 10.8 Å². The normalized spacial score (nSPS) is 14.2. The number of hydrogen-bond donors (Lipinski definition) is 3. The molecule has 0 spiro atoms. The molecular formula is C38H50N4O4. The minimum Gasteiger partial charge on any atom is -0.497 e. The molecule has 0 aromatic heterocycles. The summed E-state index contributed by atoms with van der Waals surface area (Å²) in [6.07, 6.45) is 5.18. The van der Waals surface area contributed by atoms with Gasteiger partial charge in [-0.1, -0.05) is 103 Å². The lowest BCUT2D eigenvalue weighted by atomic mass is 9.58. The second-order valence-electron chi connectivity index (χ2n) is 14.2. The number of nitrogens with zero attached hydrogens (tertiary/aromatic N) is 1. The highest BCUT2D eigenvalue weighted by Crippen LogP contribution is 2.50. The molecule has 8 heteroatoms. The predicted molar refractivity (Wildman–Crippen MR) is 185 cm³/mol. The first-order chi connectivity index (χ1) is 21.8. The van der Waals surface area contributed by atoms with Crippen molar-refractivity contribution in [1.82, 2.24) is 10.2 Å². The number of nitrogens with one attached hydrogen (secondary N) is 3. The number of hydrogen-bond acceptors (Lipinski definition) is 4. The van der Waals surface area contributed by atoms with Crippen LogP contribution in [0.25, 0.3) is 0 Å². The van der Waals surface area contributed by atoms with Gasteiger partial charge in [0.1, 0.15) is 11.3 Å². The summed E-state index contributed by atoms with van der Waals surface area (Å²) in [5.74, 6) is 0.188. The van der Waals surface area contributed by atoms with E-state index in [4.69, 9.17) is 4.74 Å². The lowest BCUT2D eigenvalue weighted by molar-refractivity contribution is -0.153. The summed E-state index contributed by atoms with van der Waals surface area (Å²) < 4.78 is 5.21. The van der Waals surface area contributed by atoms with Crippen molar-refractivity contribution in [2.75, 3.05) is 17.7 Å². The molecule has 1 fully saturated rings. The zero-order valence-corrected chi connectivity index (χ0v) is 28.4. The van der Waals surface area contributed by atoms with E-state index in [1.165, 1.54) is 6.42 Å². The van der Waals surface area contributed by atoms with Crippen LogP contribution in [-0.4, -0.2) is 41.4 Å². The number of amides is 4. The molecule has 0 bridgehead atoms. The maximum atomic E-state index is 15.1. The lowest BCUT2D eigenvalue weighted by Crippen LogP contribution is -2.73. The van der Waals surface area contributed by atoms with Gasteiger partial charge in [-0.05, 0) is 65.6 Å². The highest BCUT2D eigenvalue weighted by atomic mass is 16.5. The molecular weight excluding hydrogens is 576 g/mol. The Bertz CT molecular complexity index is 1470. The number of benzene rings is 3. The number of urea groups is 1. The van der Waals surface area contributed by atoms with Crippen molar-refractivity contribution in [3.63, 3.8) is 0 Å². The van der Waals surface area contributed by atoms with Gasteiger partial charge in [-0.15, -0.1) is 0 Å². The van der Waals surface area contributed by atoms with E-state index >= 15 is 4.79 Å². The summed E-state index contributed by atoms with van der Waals surface area (Å²) >= 11 is 0. The fourth-order valence-electron chi connectivity index (χ4n) is 7.27. The largest absolute Gasteiger partial charge is 0.497 e. The maximum absolute atomic E-state index is 15.1. The van der Waals surface area contributed by atoms with Crippen molar-refractivity contribution in [3.05, 3.63) is 90.0 Å². The first kappa shape index (κ1) is 34.5. The molecule has 8 nitrogen and oxygen atoms in total. The summed E-state index contributed by atoms with van der Waals surface area (Å²) in [4.78, 5) is 44.9. The lowest BCUT2D eigenvalue weighted by Gasteiger charge is -2.58. The summed E-state index contributed by atoms with van der Waals surface area (Å²) in [7, 11) is 1.58. The Balaban J connectivity index is 1.79. The second kappa shape index (κ2) is 14.4. The van der Waals surface area contributed by atoms with Crippen molar-refractivity contribution in [2.45, 2.75) is 91.8 Å². The van der Waals surface area contributed by atoms with Gasteiger partial charge in [-0.2, -0.15) is 0 Å². The Kier molecular flexibility index (Phi) is 10.8. The molecule has 3 aromatic carbocycles. The van der Waals surface area contributed by atoms with Gasteiger partial charge in [-0.25, -0.2) is 4.79 Å². The number of anilines is 2. The van der Waals surface area contributed by atoms with Crippen LogP contribution in [0.3, 0.4) is 0 Å². The molecule has 0 atom stereocenters. The molecule has 4 rings (SSSR count). The minimum absolute atomic E-state index is 0.0644. The van der Waals surface area contributed by atoms with Gasteiger partial charge in [0.05, 0.1) is 18.4 Å². The van der Waals surface area contributed by atoms with E-state index in [9.17, 15) is 9.59 Å². The molecule has 0 aliphatic heterocycles. The number of ether oxygens (including phenoxy) is 1. The van der Waals surface area contributed by atoms with Crippen LogP contribution < -0.4 is 20.7 Å². The van der Waals surface area contributed by atoms with Gasteiger partial charge in [0.15, 0.2) is 0 Å². The molecule has 0 heterocycles. The van der Waals surface area contributed by atoms with E-state index in [1.807, 2.05) is 71.9 Å². The summed E-state index contributed by atoms with van der Waals surface area (Å²) in [5.41, 5.74) is -0.505. The smallest absolute Gasteiger partial charge is 0.323 e. The molecule has 1 aliphatic carbocycles. The minimum atomic E-state index is -1.27. The zero-order chi connectivity index (χ0) is 33.5. The van der Waals surface area contributed by atoms with Crippen LogP contribution >= 0.6 is 0 Å². The molecule has 4 amide bonds. The van der Waals surface area contributed by atoms with Crippen molar-refractivity contribution < 1.29 is 19.1 Å². The number of methoxy groups -OCH3 is 1. The fraction of sp³-hybridized carbons (Fsp3) is 0.447. The highest BCUT2D eigenvalue weighted by Gasteiger charge is 2.61. The number of rotatable bonds is 9. The van der Waals surface area contributed by atoms with E-state index < -0.39 is 22.4 Å². The first-order valence-electron chi connectivity index (χ1n) is 16.3. The average Bonchev–Trinajstić information content (AvgIpc) is 3.01. The van der Waals surface area contributed by atoms with Crippen LogP contribution in [0.2, 0.25) is 0 Å². The van der Waals surface area contributed by atoms with Gasteiger partial charge in [-0.3, -0.25) is 9.59 Å². The van der Waals surface area contributed by atoms with E-state index in [-0.39, 0.29) is 24.4 Å². The topological polar surface area (TPSA) is 99.8 Å². The van der Waals surface area contributed by atoms with E-state index in [0.29, 0.717) is 22.7 Å². The Hall–Kier alpha value is -4.33. The zero-order valence-electron chi connectivity index (χ0n) is 28.4. The van der Waals surface area contributed by atoms with Crippen LogP contribution in [0.5, 0.6) is 5.75 Å². The Labute approximate surface area is 274 Å². The van der Waals surface area contributed by atoms with Gasteiger partial charge in [0.25, 0.3) is 5.91 Å². The molecule has 0 unspecified atom stereocenters. The molecule has 0 radical (unpaired) electrons. The summed E-state index contributed by atoms with van der Waals surface area (Å²) in [5, 5.41) is 9.11. The molecule has 3 N–H and O–H groups in total. The van der Waals surface area contributed by atoms with E-state index in [2.05, 4.69) is 16.0 Å². The van der Waals surface area contributed by atoms with Crippen molar-refractivity contribution in [3.8, 4) is 5.75 Å². The van der Waals surface area contributed by atoms with E-state index in [1.54, 1.807) is 60.5 Å². The summed E-state index contributed by atoms with van der Waals surface area (Å²) in [6.45, 7) is 12.4. The van der Waals surface area contributed by atoms with Gasteiger partial charge >= 0.3 is 6.03 Å². The monoisotopic (exact) mass is 626 g/mol. The first-order valence-corrected chi connectivity index (χ1v) is 16.3. The third kappa shape index (κ3) is 7.54. The molecule has 46 heavy (non-hydrogen) atoms. The maximum Gasteiger partial charge on any atom is 0.323 e. The number of para-hydroxylation sites is 1. The van der Waals surface area contributed by atoms with Crippen molar-refractivity contribution >= 4 is 29.2 Å². The van der Waals surface area contributed by atoms with E-state index in [0.717, 1.165) is 31.2 Å². The fourth-order valence-corrected chi connectivity index (χ4v) is 7.27. The van der Waals surface area contributed by atoms with Gasteiger partial charge in [0.2, 0.25) is 5.91 Å². The van der Waals surface area contributed by atoms with Crippen LogP contribution in [0.15, 0.2) is 78.9 Å². The number of carbonyl (C=O) groups is 3. The molecule has 1 aliphatic rings. The Morgan fingerprint density at radius 1 is 0.761 bits per heavy atom. The van der Waals surface area contributed by atoms with Crippen molar-refractivity contribution in [2.24, 2.45) is 10.8 Å². The van der Waals surface area contributed by atoms with Gasteiger partial charge in [0, 0.05) is 18.3 Å². The van der Waals surface area contributed by atoms with Gasteiger partial charge < -0.3 is 25.6 Å². The summed E-state index contributed by atoms with van der Waals surface area (Å²) in [6, 6.07) is 23.3. The Morgan fingerprint density at radius 3 is 1.93 bits per heavy atom. The van der Waals surface area contributed by atoms with Crippen LogP contribution in [0.1, 0.15) is 89.6 Å². The quantitative estimate of drug-likeness (QED) is 0.223. The molecule has 0 saturated heterocycles. The highest BCUT2D eigenvalue weighted by molar-refractivity contribution is 6.08. The molecule has 246 valence electrons. The third-order valence-electron chi connectivity index (χ3n) is 9.03. The molecule has 1 saturated carbocycles. The standard InChI is InChI=1S/C38H50N4O4/c1-36(2,3)38(37(4,5)6,34(44)39-28-18-12-9-13-19-28)42(26-27-16-10-8-11-17-27)33(43)31-20-14-15-21-32(31)41-35(45)40-29-22-24-30(46-7)25-23-29/h8,10-11,14-17,20-25,28H,9,12-13,18-19,26H2,1-7H3,(H,39,44)(H2,40,41,45). The predicted octanol–water partition coefficient (Wildman–Crippen LogP) is 8.26. The van der Waals surface area contributed by atoms with Crippen molar-refractivity contribution in [1.29, 1.82) is 0 Å². The number of carbonyl (C=O) groups excluding carboxylic acids is 3. The SMILES string of the molecule is COc1ccc(NC(=O)Nc2ccccc2C(=O)N(Cc2ccccc2)C(C(=O)NC2CCCCC2)(C(C)(C)C)C(C)(C)C)cc1. The second-order valence-corrected chi connectivity index (χ2v) is 14.2.